The van der Waals surface area contributed by atoms with Gasteiger partial charge >= 0.3 is 6.09 Å². The molecule has 2 rings (SSSR count). The van der Waals surface area contributed by atoms with E-state index in [1.807, 2.05) is 0 Å². The van der Waals surface area contributed by atoms with Crippen LogP contribution in [0.2, 0.25) is 0 Å². The number of rotatable bonds is 3. The molecule has 0 aromatic rings. The minimum Gasteiger partial charge on any atom is -0.446 e. The fourth-order valence-electron chi connectivity index (χ4n) is 4.39. The monoisotopic (exact) mass is 370 g/mol. The van der Waals surface area contributed by atoms with Gasteiger partial charge in [0.25, 0.3) is 0 Å². The van der Waals surface area contributed by atoms with Crippen molar-refractivity contribution in [2.75, 3.05) is 0 Å². The SMILES string of the molecule is CC(C)C(OC(=O)N1[C]C2(CCCCC2)CC1(C)C)C(C)C.N#C[B-]C#N. The smallest absolute Gasteiger partial charge is 0.411 e. The Morgan fingerprint density at radius 2 is 1.59 bits per heavy atom. The van der Waals surface area contributed by atoms with Crippen LogP contribution >= 0.6 is 0 Å². The molecule has 0 bridgehead atoms. The summed E-state index contributed by atoms with van der Waals surface area (Å²) in [7, 11) is 0.861. The van der Waals surface area contributed by atoms with Crippen LogP contribution in [0.5, 0.6) is 0 Å². The fourth-order valence-corrected chi connectivity index (χ4v) is 4.39. The summed E-state index contributed by atoms with van der Waals surface area (Å²) in [5.41, 5.74) is -0.0845. The van der Waals surface area contributed by atoms with Crippen LogP contribution in [-0.2, 0) is 4.74 Å². The first kappa shape index (κ1) is 23.4. The second-order valence-corrected chi connectivity index (χ2v) is 9.02. The first-order valence-corrected chi connectivity index (χ1v) is 9.98. The minimum absolute atomic E-state index is 0.0343. The minimum atomic E-state index is -0.208. The molecule has 4 radical (unpaired) electrons. The molecule has 148 valence electrons. The maximum atomic E-state index is 12.7. The number of nitrogens with zero attached hydrogens (tertiary/aromatic N) is 3. The highest BCUT2D eigenvalue weighted by molar-refractivity contribution is 6.53. The number of nitriles is 2. The van der Waals surface area contributed by atoms with Crippen molar-refractivity contribution in [3.05, 3.63) is 6.54 Å². The normalized spacial score (nSPS) is 20.2. The van der Waals surface area contributed by atoms with E-state index in [1.54, 1.807) is 4.90 Å². The van der Waals surface area contributed by atoms with Crippen LogP contribution in [-0.4, -0.2) is 29.9 Å². The molecule has 5 nitrogen and oxygen atoms in total. The number of amides is 1. The Labute approximate surface area is 166 Å². The van der Waals surface area contributed by atoms with E-state index >= 15 is 0 Å². The molecular weight excluding hydrogens is 337 g/mol. The summed E-state index contributed by atoms with van der Waals surface area (Å²) in [6.07, 6.45) is 6.93. The Hall–Kier alpha value is -1.69. The third-order valence-electron chi connectivity index (χ3n) is 5.40. The van der Waals surface area contributed by atoms with Crippen molar-refractivity contribution in [2.24, 2.45) is 17.3 Å². The van der Waals surface area contributed by atoms with Crippen molar-refractivity contribution < 1.29 is 9.53 Å². The maximum absolute atomic E-state index is 12.7. The van der Waals surface area contributed by atoms with Crippen LogP contribution in [0.15, 0.2) is 0 Å². The van der Waals surface area contributed by atoms with E-state index in [9.17, 15) is 4.79 Å². The summed E-state index contributed by atoms with van der Waals surface area (Å²) < 4.78 is 5.85. The molecule has 1 amide bonds. The number of carbonyl (C=O) groups excluding carboxylic acids is 1. The van der Waals surface area contributed by atoms with E-state index in [1.165, 1.54) is 31.2 Å². The van der Waals surface area contributed by atoms with Crippen LogP contribution in [0.3, 0.4) is 0 Å². The maximum Gasteiger partial charge on any atom is 0.411 e. The molecule has 0 N–H and O–H groups in total. The highest BCUT2D eigenvalue weighted by atomic mass is 16.6. The summed E-state index contributed by atoms with van der Waals surface area (Å²) in [4.78, 5) is 14.5. The molecule has 1 saturated carbocycles. The highest BCUT2D eigenvalue weighted by Crippen LogP contribution is 2.52. The van der Waals surface area contributed by atoms with Gasteiger partial charge in [-0.1, -0.05) is 54.2 Å². The number of hydrogen-bond acceptors (Lipinski definition) is 4. The van der Waals surface area contributed by atoms with Gasteiger partial charge < -0.3 is 4.74 Å². The molecule has 0 aromatic carbocycles. The standard InChI is InChI=1S/C19H33NO2.C2BN2/c1-14(2)16(15(3)4)22-17(21)20-13-19(12-18(20,5)6)10-8-7-9-11-19;4-1-3-2-5/h14-16H,7-12H2,1-6H3;/q;-1. The van der Waals surface area contributed by atoms with Crippen molar-refractivity contribution in [3.63, 3.8) is 0 Å². The van der Waals surface area contributed by atoms with Crippen molar-refractivity contribution in [1.29, 1.82) is 10.5 Å². The summed E-state index contributed by atoms with van der Waals surface area (Å²) in [5.74, 6) is 3.73. The summed E-state index contributed by atoms with van der Waals surface area (Å²) in [6.45, 7) is 16.3. The van der Waals surface area contributed by atoms with Gasteiger partial charge in [-0.2, -0.15) is 0 Å². The Morgan fingerprint density at radius 1 is 1.07 bits per heavy atom. The predicted molar refractivity (Wildman–Crippen MR) is 106 cm³/mol. The van der Waals surface area contributed by atoms with Gasteiger partial charge in [0.05, 0.1) is 0 Å². The van der Waals surface area contributed by atoms with Crippen LogP contribution in [0.4, 0.5) is 4.79 Å². The summed E-state index contributed by atoms with van der Waals surface area (Å²) >= 11 is 0. The van der Waals surface area contributed by atoms with E-state index in [0.717, 1.165) is 26.5 Å². The third kappa shape index (κ3) is 6.45. The summed E-state index contributed by atoms with van der Waals surface area (Å²) in [6, 6.07) is 0. The zero-order valence-electron chi connectivity index (χ0n) is 17.7. The molecule has 27 heavy (non-hydrogen) atoms. The first-order valence-electron chi connectivity index (χ1n) is 9.98. The predicted octanol–water partition coefficient (Wildman–Crippen LogP) is 4.93. The molecule has 2 fully saturated rings. The molecule has 0 atom stereocenters. The van der Waals surface area contributed by atoms with E-state index in [4.69, 9.17) is 15.3 Å². The van der Waals surface area contributed by atoms with Gasteiger partial charge in [0.2, 0.25) is 0 Å². The van der Waals surface area contributed by atoms with Gasteiger partial charge in [0.15, 0.2) is 0 Å². The Kier molecular flexibility index (Phi) is 8.67. The fraction of sp³-hybridized carbons (Fsp3) is 0.810. The van der Waals surface area contributed by atoms with Gasteiger partial charge in [-0.25, -0.2) is 16.7 Å². The Balaban J connectivity index is 0.000000646. The van der Waals surface area contributed by atoms with Gasteiger partial charge in [-0.15, -0.1) is 0 Å². The molecule has 2 aliphatic rings. The topological polar surface area (TPSA) is 77.1 Å². The number of ether oxygens (including phenoxy) is 1. The van der Waals surface area contributed by atoms with Gasteiger partial charge in [0.1, 0.15) is 12.6 Å². The highest BCUT2D eigenvalue weighted by Gasteiger charge is 2.52. The first-order chi connectivity index (χ1) is 12.6. The molecule has 1 aliphatic heterocycles. The van der Waals surface area contributed by atoms with Crippen LogP contribution in [0.1, 0.15) is 80.1 Å². The zero-order valence-corrected chi connectivity index (χ0v) is 17.7. The molecule has 6 heteroatoms. The van der Waals surface area contributed by atoms with Gasteiger partial charge in [-0.05, 0) is 44.9 Å². The quantitative estimate of drug-likeness (QED) is 0.660. The van der Waals surface area contributed by atoms with Crippen molar-refractivity contribution in [1.82, 2.24) is 4.90 Å². The molecule has 1 spiro atoms. The second kappa shape index (κ2) is 10.0. The average molecular weight is 370 g/mol. The zero-order chi connectivity index (χ0) is 20.7. The second-order valence-electron chi connectivity index (χ2n) is 9.02. The molecule has 1 aliphatic carbocycles. The molecular formula is C21H33BN3O2-. The van der Waals surface area contributed by atoms with Crippen molar-refractivity contribution in [3.8, 4) is 11.9 Å². The molecule has 0 unspecified atom stereocenters. The number of likely N-dealkylation sites (tertiary alicyclic amines) is 1. The lowest BCUT2D eigenvalue weighted by atomic mass is 9.71. The van der Waals surface area contributed by atoms with Crippen molar-refractivity contribution >= 4 is 13.4 Å². The third-order valence-corrected chi connectivity index (χ3v) is 5.40. The largest absolute Gasteiger partial charge is 0.446 e. The van der Waals surface area contributed by atoms with Crippen molar-refractivity contribution in [2.45, 2.75) is 91.7 Å². The van der Waals surface area contributed by atoms with Crippen LogP contribution in [0.25, 0.3) is 0 Å². The van der Waals surface area contributed by atoms with Crippen LogP contribution < -0.4 is 0 Å². The average Bonchev–Trinajstić information content (AvgIpc) is 2.84. The Bertz CT molecular complexity index is 549. The van der Waals surface area contributed by atoms with E-state index in [-0.39, 0.29) is 23.2 Å². The van der Waals surface area contributed by atoms with Crippen LogP contribution in [0, 0.1) is 46.3 Å². The summed E-state index contributed by atoms with van der Waals surface area (Å²) in [5, 5.41) is 15.1. The molecule has 1 heterocycles. The van der Waals surface area contributed by atoms with E-state index in [0.29, 0.717) is 11.8 Å². The number of carbonyl (C=O) groups is 1. The molecule has 0 aromatic heterocycles. The molecule has 1 saturated heterocycles. The Morgan fingerprint density at radius 3 is 2.00 bits per heavy atom. The van der Waals surface area contributed by atoms with Gasteiger partial charge in [0, 0.05) is 11.0 Å². The van der Waals surface area contributed by atoms with E-state index in [2.05, 4.69) is 48.1 Å². The van der Waals surface area contributed by atoms with Gasteiger partial charge in [-0.3, -0.25) is 15.4 Å². The lowest BCUT2D eigenvalue weighted by Gasteiger charge is -2.33. The lowest BCUT2D eigenvalue weighted by Crippen LogP contribution is -2.44. The van der Waals surface area contributed by atoms with E-state index < -0.39 is 0 Å². The number of hydrogen-bond donors (Lipinski definition) is 0. The lowest BCUT2D eigenvalue weighted by molar-refractivity contribution is 0.0127.